The van der Waals surface area contributed by atoms with Crippen molar-refractivity contribution in [1.82, 2.24) is 5.32 Å². The number of para-hydroxylation sites is 1. The molecule has 4 heteroatoms. The van der Waals surface area contributed by atoms with Crippen LogP contribution in [-0.2, 0) is 12.8 Å². The molecule has 0 radical (unpaired) electrons. The van der Waals surface area contributed by atoms with Gasteiger partial charge in [-0.15, -0.1) is 0 Å². The highest BCUT2D eigenvalue weighted by molar-refractivity contribution is 7.80. The first-order chi connectivity index (χ1) is 12.1. The molecule has 2 aliphatic rings. The second-order valence-electron chi connectivity index (χ2n) is 7.03. The quantitative estimate of drug-likeness (QED) is 0.806. The first kappa shape index (κ1) is 16.4. The van der Waals surface area contributed by atoms with E-state index in [0.29, 0.717) is 0 Å². The summed E-state index contributed by atoms with van der Waals surface area (Å²) in [7, 11) is 0. The molecule has 0 amide bonds. The summed E-state index contributed by atoms with van der Waals surface area (Å²) < 4.78 is 6.53. The lowest BCUT2D eigenvalue weighted by Gasteiger charge is -2.52. The molecular weight excluding hydrogens is 328 g/mol. The van der Waals surface area contributed by atoms with Crippen LogP contribution in [0.15, 0.2) is 42.5 Å². The molecule has 0 saturated carbocycles. The van der Waals surface area contributed by atoms with E-state index in [1.165, 1.54) is 16.7 Å². The minimum absolute atomic E-state index is 0.206. The zero-order valence-electron chi connectivity index (χ0n) is 15.0. The topological polar surface area (TPSA) is 24.5 Å². The van der Waals surface area contributed by atoms with Crippen molar-refractivity contribution in [3.63, 3.8) is 0 Å². The standard InChI is InChI=1S/C21H24N2OS/c1-4-14-10-11-19-16(12-14)17-13-21(3,24-19)23(20(25)22-17)18-9-7-6-8-15(18)5-2/h6-12,17H,4-5,13H2,1-3H3,(H,22,25). The van der Waals surface area contributed by atoms with Crippen LogP contribution in [0.25, 0.3) is 0 Å². The fraction of sp³-hybridized carbons (Fsp3) is 0.381. The molecule has 1 fully saturated rings. The molecule has 2 atom stereocenters. The van der Waals surface area contributed by atoms with Crippen LogP contribution >= 0.6 is 12.2 Å². The van der Waals surface area contributed by atoms with Crippen molar-refractivity contribution in [2.45, 2.75) is 51.8 Å². The van der Waals surface area contributed by atoms with E-state index in [-0.39, 0.29) is 6.04 Å². The SMILES string of the molecule is CCc1ccc2c(c1)C1CC(C)(O2)N(c2ccccc2CC)C(=S)N1. The van der Waals surface area contributed by atoms with E-state index in [9.17, 15) is 0 Å². The van der Waals surface area contributed by atoms with Crippen molar-refractivity contribution in [2.75, 3.05) is 4.90 Å². The first-order valence-electron chi connectivity index (χ1n) is 9.06. The van der Waals surface area contributed by atoms with Crippen LogP contribution in [-0.4, -0.2) is 10.8 Å². The Hall–Kier alpha value is -2.07. The van der Waals surface area contributed by atoms with Crippen molar-refractivity contribution in [3.8, 4) is 5.75 Å². The van der Waals surface area contributed by atoms with Crippen molar-refractivity contribution in [3.05, 3.63) is 59.2 Å². The van der Waals surface area contributed by atoms with Crippen molar-refractivity contribution in [2.24, 2.45) is 0 Å². The van der Waals surface area contributed by atoms with Gasteiger partial charge < -0.3 is 10.1 Å². The summed E-state index contributed by atoms with van der Waals surface area (Å²) in [6.07, 6.45) is 2.86. The molecule has 2 aliphatic heterocycles. The molecule has 2 unspecified atom stereocenters. The number of benzene rings is 2. The van der Waals surface area contributed by atoms with Gasteiger partial charge in [-0.2, -0.15) is 0 Å². The molecule has 1 saturated heterocycles. The molecule has 25 heavy (non-hydrogen) atoms. The van der Waals surface area contributed by atoms with Gasteiger partial charge in [0.2, 0.25) is 0 Å². The largest absolute Gasteiger partial charge is 0.467 e. The second kappa shape index (κ2) is 6.03. The molecule has 3 nitrogen and oxygen atoms in total. The van der Waals surface area contributed by atoms with Gasteiger partial charge in [-0.05, 0) is 55.2 Å². The summed E-state index contributed by atoms with van der Waals surface area (Å²) >= 11 is 5.77. The third kappa shape index (κ3) is 2.60. The Morgan fingerprint density at radius 2 is 2.00 bits per heavy atom. The van der Waals surface area contributed by atoms with Gasteiger partial charge in [-0.25, -0.2) is 0 Å². The minimum Gasteiger partial charge on any atom is -0.467 e. The maximum atomic E-state index is 6.53. The van der Waals surface area contributed by atoms with Crippen LogP contribution in [0.1, 0.15) is 49.9 Å². The fourth-order valence-electron chi connectivity index (χ4n) is 4.04. The number of aryl methyl sites for hydroxylation is 2. The molecule has 1 N–H and O–H groups in total. The van der Waals surface area contributed by atoms with Crippen molar-refractivity contribution in [1.29, 1.82) is 0 Å². The molecule has 2 heterocycles. The van der Waals surface area contributed by atoms with Gasteiger partial charge >= 0.3 is 0 Å². The number of nitrogens with zero attached hydrogens (tertiary/aromatic N) is 1. The predicted octanol–water partition coefficient (Wildman–Crippen LogP) is 4.75. The summed E-state index contributed by atoms with van der Waals surface area (Å²) in [4.78, 5) is 2.16. The molecule has 2 bridgehead atoms. The number of hydrogen-bond donors (Lipinski definition) is 1. The number of hydrogen-bond acceptors (Lipinski definition) is 2. The molecular formula is C21H24N2OS. The molecule has 0 aliphatic carbocycles. The van der Waals surface area contributed by atoms with E-state index in [0.717, 1.165) is 35.8 Å². The lowest BCUT2D eigenvalue weighted by atomic mass is 9.88. The Morgan fingerprint density at radius 1 is 1.20 bits per heavy atom. The number of thiocarbonyl (C=S) groups is 1. The van der Waals surface area contributed by atoms with Crippen LogP contribution in [0.2, 0.25) is 0 Å². The minimum atomic E-state index is -0.473. The summed E-state index contributed by atoms with van der Waals surface area (Å²) in [5.41, 5.74) is 4.50. The van der Waals surface area contributed by atoms with Crippen LogP contribution in [0.5, 0.6) is 5.75 Å². The highest BCUT2D eigenvalue weighted by Gasteiger charge is 2.48. The Bertz CT molecular complexity index is 834. The third-order valence-corrected chi connectivity index (χ3v) is 5.66. The molecule has 130 valence electrons. The van der Waals surface area contributed by atoms with Gasteiger partial charge in [0.05, 0.1) is 11.7 Å². The molecule has 2 aromatic carbocycles. The van der Waals surface area contributed by atoms with Crippen LogP contribution < -0.4 is 15.0 Å². The lowest BCUT2D eigenvalue weighted by molar-refractivity contribution is 0.0496. The average molecular weight is 353 g/mol. The third-order valence-electron chi connectivity index (χ3n) is 5.36. The number of ether oxygens (including phenoxy) is 1. The Morgan fingerprint density at radius 3 is 2.76 bits per heavy atom. The Balaban J connectivity index is 1.80. The fourth-order valence-corrected chi connectivity index (χ4v) is 4.47. The van der Waals surface area contributed by atoms with E-state index in [4.69, 9.17) is 17.0 Å². The molecule has 4 rings (SSSR count). The van der Waals surface area contributed by atoms with Gasteiger partial charge in [-0.1, -0.05) is 44.2 Å². The number of anilines is 1. The first-order valence-corrected chi connectivity index (χ1v) is 9.47. The number of rotatable bonds is 3. The molecule has 2 aromatic rings. The highest BCUT2D eigenvalue weighted by atomic mass is 32.1. The van der Waals surface area contributed by atoms with Crippen LogP contribution in [0, 0.1) is 0 Å². The van der Waals surface area contributed by atoms with Crippen LogP contribution in [0.4, 0.5) is 5.69 Å². The van der Waals surface area contributed by atoms with Gasteiger partial charge in [0.25, 0.3) is 0 Å². The summed E-state index contributed by atoms with van der Waals surface area (Å²) in [5.74, 6) is 0.963. The number of fused-ring (bicyclic) bond motifs is 4. The summed E-state index contributed by atoms with van der Waals surface area (Å²) in [6, 6.07) is 15.2. The van der Waals surface area contributed by atoms with E-state index in [1.54, 1.807) is 0 Å². The van der Waals surface area contributed by atoms with Gasteiger partial charge in [0, 0.05) is 12.0 Å². The van der Waals surface area contributed by atoms with Gasteiger partial charge in [-0.3, -0.25) is 4.90 Å². The monoisotopic (exact) mass is 352 g/mol. The second-order valence-corrected chi connectivity index (χ2v) is 7.41. The molecule has 0 aromatic heterocycles. The average Bonchev–Trinajstić information content (AvgIpc) is 2.61. The van der Waals surface area contributed by atoms with E-state index in [1.807, 2.05) is 0 Å². The Labute approximate surface area is 155 Å². The van der Waals surface area contributed by atoms with Crippen molar-refractivity contribution < 1.29 is 4.74 Å². The Kier molecular flexibility index (Phi) is 3.95. The summed E-state index contributed by atoms with van der Waals surface area (Å²) in [5, 5.41) is 4.30. The van der Waals surface area contributed by atoms with E-state index >= 15 is 0 Å². The zero-order chi connectivity index (χ0) is 17.6. The van der Waals surface area contributed by atoms with Gasteiger partial charge in [0.15, 0.2) is 10.8 Å². The highest BCUT2D eigenvalue weighted by Crippen LogP contribution is 2.46. The van der Waals surface area contributed by atoms with Gasteiger partial charge in [0.1, 0.15) is 5.75 Å². The normalized spacial score (nSPS) is 24.4. The maximum Gasteiger partial charge on any atom is 0.188 e. The zero-order valence-corrected chi connectivity index (χ0v) is 15.8. The maximum absolute atomic E-state index is 6.53. The van der Waals surface area contributed by atoms with E-state index < -0.39 is 5.72 Å². The lowest BCUT2D eigenvalue weighted by Crippen LogP contribution is -2.65. The smallest absolute Gasteiger partial charge is 0.188 e. The predicted molar refractivity (Wildman–Crippen MR) is 106 cm³/mol. The van der Waals surface area contributed by atoms with E-state index in [2.05, 4.69) is 73.5 Å². The molecule has 0 spiro atoms. The number of nitrogens with one attached hydrogen (secondary N) is 1. The summed E-state index contributed by atoms with van der Waals surface area (Å²) in [6.45, 7) is 6.50. The van der Waals surface area contributed by atoms with Crippen LogP contribution in [0.3, 0.4) is 0 Å². The van der Waals surface area contributed by atoms with Crippen molar-refractivity contribution >= 4 is 23.0 Å².